The highest BCUT2D eigenvalue weighted by Gasteiger charge is 1.85. The molecule has 0 aliphatic heterocycles. The minimum atomic E-state index is 0.290. The Kier molecular flexibility index (Phi) is 15.0. The van der Waals surface area contributed by atoms with Gasteiger partial charge in [0.25, 0.3) is 0 Å². The quantitative estimate of drug-likeness (QED) is 0.338. The molecule has 2 unspecified atom stereocenters. The lowest BCUT2D eigenvalue weighted by molar-refractivity contribution is 0.737. The molecule has 0 radical (unpaired) electrons. The van der Waals surface area contributed by atoms with Crippen LogP contribution in [0.3, 0.4) is 0 Å². The van der Waals surface area contributed by atoms with E-state index in [0.717, 1.165) is 21.1 Å². The van der Waals surface area contributed by atoms with Crippen LogP contribution in [0.15, 0.2) is 0 Å². The predicted molar refractivity (Wildman–Crippen MR) is 81.9 cm³/mol. The Balaban J connectivity index is 3.24. The van der Waals surface area contributed by atoms with E-state index in [0.29, 0.717) is 8.27 Å². The molecular formula is C14H25P2+. The maximum absolute atomic E-state index is 3.29. The molecule has 2 atom stereocenters. The highest BCUT2D eigenvalue weighted by atomic mass is 32.0. The zero-order chi connectivity index (χ0) is 11.9. The summed E-state index contributed by atoms with van der Waals surface area (Å²) in [5, 5.41) is 0. The summed E-state index contributed by atoms with van der Waals surface area (Å²) < 4.78 is 0. The Hall–Kier alpha value is -0.0200. The van der Waals surface area contributed by atoms with E-state index >= 15 is 0 Å². The van der Waals surface area contributed by atoms with E-state index in [4.69, 9.17) is 0 Å². The molecule has 0 bridgehead atoms. The summed E-state index contributed by atoms with van der Waals surface area (Å²) in [7, 11) is 1.09. The van der Waals surface area contributed by atoms with Crippen molar-refractivity contribution >= 4 is 16.5 Å². The van der Waals surface area contributed by atoms with Crippen LogP contribution in [0, 0.1) is 23.2 Å². The Morgan fingerprint density at radius 3 is 2.12 bits per heavy atom. The lowest BCUT2D eigenvalue weighted by Gasteiger charge is -1.87. The number of hydrogen-bond acceptors (Lipinski definition) is 0. The average molecular weight is 255 g/mol. The Morgan fingerprint density at radius 2 is 1.50 bits per heavy atom. The normalized spacial score (nSPS) is 10.4. The van der Waals surface area contributed by atoms with Crippen LogP contribution in [0.4, 0.5) is 0 Å². The fourth-order valence-corrected chi connectivity index (χ4v) is 2.90. The van der Waals surface area contributed by atoms with Crippen molar-refractivity contribution in [1.82, 2.24) is 0 Å². The first kappa shape index (κ1) is 16.0. The van der Waals surface area contributed by atoms with Crippen LogP contribution in [0.2, 0.25) is 0 Å². The number of unbranched alkanes of at least 4 members (excludes halogenated alkanes) is 6. The minimum Gasteiger partial charge on any atom is -0.0952 e. The zero-order valence-electron chi connectivity index (χ0n) is 10.7. The van der Waals surface area contributed by atoms with E-state index in [1.807, 2.05) is 0 Å². The molecule has 0 heterocycles. The van der Waals surface area contributed by atoms with E-state index < -0.39 is 0 Å². The van der Waals surface area contributed by atoms with Crippen molar-refractivity contribution in [2.45, 2.75) is 65.2 Å². The molecule has 0 aromatic heterocycles. The molecule has 0 aromatic rings. The van der Waals surface area contributed by atoms with Crippen molar-refractivity contribution in [1.29, 1.82) is 0 Å². The Bertz CT molecular complexity index is 221. The van der Waals surface area contributed by atoms with Gasteiger partial charge in [0, 0.05) is 12.8 Å². The molecule has 2 heteroatoms. The van der Waals surface area contributed by atoms with Gasteiger partial charge in [-0.1, -0.05) is 51.4 Å². The molecule has 0 nitrogen and oxygen atoms in total. The van der Waals surface area contributed by atoms with E-state index in [-0.39, 0.29) is 0 Å². The van der Waals surface area contributed by atoms with Crippen LogP contribution >= 0.6 is 16.5 Å². The molecule has 0 spiro atoms. The SMILES string of the molecule is CCCCCC#CP[PH2+]C#CCCCCC. The fourth-order valence-electron chi connectivity index (χ4n) is 1.24. The maximum atomic E-state index is 3.29. The van der Waals surface area contributed by atoms with Gasteiger partial charge in [0.05, 0.1) is 13.9 Å². The topological polar surface area (TPSA) is 0 Å². The summed E-state index contributed by atoms with van der Waals surface area (Å²) in [4.78, 5) is 0. The van der Waals surface area contributed by atoms with Gasteiger partial charge in [-0.3, -0.25) is 0 Å². The van der Waals surface area contributed by atoms with Crippen molar-refractivity contribution in [2.75, 3.05) is 0 Å². The molecule has 0 rings (SSSR count). The summed E-state index contributed by atoms with van der Waals surface area (Å²) in [5.41, 5.74) is 6.55. The molecule has 0 aromatic carbocycles. The van der Waals surface area contributed by atoms with Crippen molar-refractivity contribution in [2.24, 2.45) is 0 Å². The van der Waals surface area contributed by atoms with Gasteiger partial charge < -0.3 is 0 Å². The third-order valence-electron chi connectivity index (χ3n) is 2.22. The molecule has 16 heavy (non-hydrogen) atoms. The molecule has 90 valence electrons. The maximum Gasteiger partial charge on any atom is 0.128 e. The molecule has 0 N–H and O–H groups in total. The van der Waals surface area contributed by atoms with Crippen LogP contribution in [-0.4, -0.2) is 0 Å². The summed E-state index contributed by atoms with van der Waals surface area (Å²) in [6.45, 7) is 4.46. The van der Waals surface area contributed by atoms with Gasteiger partial charge in [-0.25, -0.2) is 0 Å². The van der Waals surface area contributed by atoms with E-state index in [2.05, 4.69) is 37.0 Å². The van der Waals surface area contributed by atoms with Gasteiger partial charge in [0.1, 0.15) is 8.27 Å². The van der Waals surface area contributed by atoms with E-state index in [1.165, 1.54) is 38.5 Å². The third kappa shape index (κ3) is 14.0. The Labute approximate surface area is 105 Å². The summed E-state index contributed by atoms with van der Waals surface area (Å²) >= 11 is 0. The van der Waals surface area contributed by atoms with Gasteiger partial charge in [0.15, 0.2) is 0 Å². The van der Waals surface area contributed by atoms with Gasteiger partial charge in [-0.15, -0.1) is 0 Å². The summed E-state index contributed by atoms with van der Waals surface area (Å²) in [5.74, 6) is 6.50. The fraction of sp³-hybridized carbons (Fsp3) is 0.714. The van der Waals surface area contributed by atoms with Gasteiger partial charge in [0.2, 0.25) is 0 Å². The largest absolute Gasteiger partial charge is 0.128 e. The minimum absolute atomic E-state index is 0.290. The van der Waals surface area contributed by atoms with E-state index in [9.17, 15) is 0 Å². The average Bonchev–Trinajstić information content (AvgIpc) is 2.31. The Morgan fingerprint density at radius 1 is 0.875 bits per heavy atom. The molecule has 0 aliphatic carbocycles. The second kappa shape index (κ2) is 15.0. The van der Waals surface area contributed by atoms with Crippen LogP contribution in [0.25, 0.3) is 0 Å². The molecular weight excluding hydrogens is 230 g/mol. The molecule has 0 saturated heterocycles. The van der Waals surface area contributed by atoms with Crippen LogP contribution in [0.1, 0.15) is 65.2 Å². The molecule has 0 amide bonds. The third-order valence-corrected chi connectivity index (χ3v) is 4.33. The highest BCUT2D eigenvalue weighted by Crippen LogP contribution is 2.33. The second-order valence-electron chi connectivity index (χ2n) is 3.83. The van der Waals surface area contributed by atoms with Gasteiger partial charge in [-0.05, 0) is 18.5 Å². The summed E-state index contributed by atoms with van der Waals surface area (Å²) in [6, 6.07) is 0. The predicted octanol–water partition coefficient (Wildman–Crippen LogP) is 5.07. The second-order valence-corrected chi connectivity index (χ2v) is 6.67. The number of rotatable bonds is 7. The van der Waals surface area contributed by atoms with Crippen LogP contribution in [0.5, 0.6) is 0 Å². The summed E-state index contributed by atoms with van der Waals surface area (Å²) in [6.07, 6.45) is 9.95. The molecule has 0 aliphatic rings. The van der Waals surface area contributed by atoms with Crippen LogP contribution < -0.4 is 0 Å². The first-order chi connectivity index (χ1) is 7.91. The van der Waals surface area contributed by atoms with Gasteiger partial charge in [-0.2, -0.15) is 0 Å². The van der Waals surface area contributed by atoms with E-state index in [1.54, 1.807) is 0 Å². The van der Waals surface area contributed by atoms with Crippen molar-refractivity contribution in [3.05, 3.63) is 0 Å². The first-order valence-corrected chi connectivity index (χ1v) is 9.84. The van der Waals surface area contributed by atoms with Gasteiger partial charge >= 0.3 is 0 Å². The lowest BCUT2D eigenvalue weighted by atomic mass is 10.2. The van der Waals surface area contributed by atoms with Crippen molar-refractivity contribution in [3.8, 4) is 23.2 Å². The monoisotopic (exact) mass is 255 g/mol. The first-order valence-electron chi connectivity index (χ1n) is 6.45. The standard InChI is InChI=1S/C14H24P2/c1-3-5-7-9-11-13-15-16-14-12-10-8-6-4-2/h15-16H,3-10H2,1-2H3/p+1. The van der Waals surface area contributed by atoms with Crippen molar-refractivity contribution in [3.63, 3.8) is 0 Å². The van der Waals surface area contributed by atoms with Crippen molar-refractivity contribution < 1.29 is 0 Å². The highest BCUT2D eigenvalue weighted by molar-refractivity contribution is 8.16. The number of hydrogen-bond donors (Lipinski definition) is 0. The molecule has 0 fully saturated rings. The zero-order valence-corrected chi connectivity index (χ0v) is 12.9. The smallest absolute Gasteiger partial charge is 0.0952 e. The molecule has 0 saturated carbocycles. The van der Waals surface area contributed by atoms with Crippen LogP contribution in [-0.2, 0) is 0 Å². The lowest BCUT2D eigenvalue weighted by Crippen LogP contribution is -1.69.